The third-order valence-corrected chi connectivity index (χ3v) is 7.56. The van der Waals surface area contributed by atoms with Gasteiger partial charge in [0.2, 0.25) is 17.7 Å². The highest BCUT2D eigenvalue weighted by Gasteiger charge is 2.79. The van der Waals surface area contributed by atoms with Gasteiger partial charge in [-0.3, -0.25) is 14.4 Å². The van der Waals surface area contributed by atoms with Crippen LogP contribution in [0.2, 0.25) is 0 Å². The van der Waals surface area contributed by atoms with Gasteiger partial charge < -0.3 is 25.4 Å². The number of benzene rings is 1. The molecule has 174 valence electrons. The average molecular weight is 444 g/mol. The largest absolute Gasteiger partial charge is 0.395 e. The molecule has 8 heteroatoms. The lowest BCUT2D eigenvalue weighted by molar-refractivity contribution is -0.146. The number of unbranched alkanes of at least 4 members (excludes halogenated alkanes) is 1. The van der Waals surface area contributed by atoms with E-state index in [4.69, 9.17) is 4.74 Å². The number of hydrogen-bond acceptors (Lipinski definition) is 5. The van der Waals surface area contributed by atoms with Crippen LogP contribution < -0.4 is 10.6 Å². The zero-order valence-corrected chi connectivity index (χ0v) is 19.0. The van der Waals surface area contributed by atoms with Crippen LogP contribution in [0.3, 0.4) is 0 Å². The van der Waals surface area contributed by atoms with Crippen LogP contribution in [0.5, 0.6) is 0 Å². The number of likely N-dealkylation sites (tertiary alicyclic amines) is 1. The lowest BCUT2D eigenvalue weighted by Gasteiger charge is -2.36. The summed E-state index contributed by atoms with van der Waals surface area (Å²) in [6, 6.07) is 8.27. The highest BCUT2D eigenvalue weighted by atomic mass is 16.5. The van der Waals surface area contributed by atoms with Crippen molar-refractivity contribution in [2.75, 3.05) is 25.0 Å². The molecule has 0 aromatic heterocycles. The monoisotopic (exact) mass is 443 g/mol. The Morgan fingerprint density at radius 2 is 1.97 bits per heavy atom. The van der Waals surface area contributed by atoms with Gasteiger partial charge in [0.1, 0.15) is 11.6 Å². The summed E-state index contributed by atoms with van der Waals surface area (Å²) in [5.74, 6) is -2.35. The summed E-state index contributed by atoms with van der Waals surface area (Å²) in [5.41, 5.74) is -1.28. The number of nitrogens with zero attached hydrogens (tertiary/aromatic N) is 1. The number of amides is 3. The third-order valence-electron chi connectivity index (χ3n) is 7.56. The second-order valence-electron chi connectivity index (χ2n) is 9.46. The lowest BCUT2D eigenvalue weighted by atomic mass is 9.62. The zero-order chi connectivity index (χ0) is 23.1. The Bertz CT molecular complexity index is 893. The number of nitrogens with one attached hydrogen (secondary N) is 2. The second kappa shape index (κ2) is 8.48. The number of rotatable bonds is 8. The van der Waals surface area contributed by atoms with Crippen molar-refractivity contribution in [1.29, 1.82) is 0 Å². The Kier molecular flexibility index (Phi) is 6.02. The smallest absolute Gasteiger partial charge is 0.245 e. The summed E-state index contributed by atoms with van der Waals surface area (Å²) < 4.78 is 6.58. The van der Waals surface area contributed by atoms with E-state index in [0.717, 1.165) is 12.8 Å². The van der Waals surface area contributed by atoms with Crippen LogP contribution in [0, 0.1) is 17.8 Å². The minimum absolute atomic E-state index is 0.0157. The van der Waals surface area contributed by atoms with E-state index >= 15 is 0 Å². The molecule has 3 heterocycles. The minimum atomic E-state index is -1.07. The van der Waals surface area contributed by atoms with Crippen LogP contribution in [0.15, 0.2) is 30.3 Å². The highest BCUT2D eigenvalue weighted by molar-refractivity contribution is 6.02. The average Bonchev–Trinajstić information content (AvgIpc) is 3.26. The maximum Gasteiger partial charge on any atom is 0.245 e. The van der Waals surface area contributed by atoms with Crippen molar-refractivity contribution in [3.05, 3.63) is 30.3 Å². The Hall–Kier alpha value is -2.45. The Morgan fingerprint density at radius 3 is 2.62 bits per heavy atom. The van der Waals surface area contributed by atoms with E-state index in [2.05, 4.69) is 10.6 Å². The van der Waals surface area contributed by atoms with Crippen molar-refractivity contribution < 1.29 is 24.2 Å². The normalized spacial score (nSPS) is 35.1. The van der Waals surface area contributed by atoms with E-state index in [1.807, 2.05) is 39.0 Å². The van der Waals surface area contributed by atoms with E-state index in [1.54, 1.807) is 12.1 Å². The van der Waals surface area contributed by atoms with Crippen LogP contribution in [-0.2, 0) is 19.1 Å². The molecule has 3 N–H and O–H groups in total. The molecule has 3 fully saturated rings. The quantitative estimate of drug-likeness (QED) is 0.529. The number of aliphatic hydroxyl groups excluding tert-OH is 1. The van der Waals surface area contributed by atoms with Gasteiger partial charge in [-0.1, -0.05) is 38.5 Å². The number of para-hydroxylation sites is 1. The number of β-amino-alcohol motifs (C(OH)–C–C–N with tert-alkyl or cyclic N) is 1. The van der Waals surface area contributed by atoms with Crippen LogP contribution in [-0.4, -0.2) is 64.7 Å². The molecule has 0 aliphatic carbocycles. The van der Waals surface area contributed by atoms with Gasteiger partial charge in [-0.05, 0) is 37.8 Å². The van der Waals surface area contributed by atoms with E-state index in [9.17, 15) is 19.5 Å². The number of fused-ring (bicyclic) bond motifs is 1. The van der Waals surface area contributed by atoms with Crippen molar-refractivity contribution in [1.82, 2.24) is 10.2 Å². The first kappa shape index (κ1) is 22.7. The van der Waals surface area contributed by atoms with Gasteiger partial charge in [0.25, 0.3) is 0 Å². The first-order chi connectivity index (χ1) is 15.3. The molecule has 3 saturated heterocycles. The summed E-state index contributed by atoms with van der Waals surface area (Å²) in [5, 5.41) is 15.5. The number of carbonyl (C=O) groups is 3. The van der Waals surface area contributed by atoms with Crippen molar-refractivity contribution in [2.45, 2.75) is 57.3 Å². The van der Waals surface area contributed by atoms with Crippen LogP contribution in [0.4, 0.5) is 5.69 Å². The number of aliphatic hydroxyl groups is 1. The van der Waals surface area contributed by atoms with Gasteiger partial charge in [0.05, 0.1) is 24.0 Å². The third kappa shape index (κ3) is 3.31. The van der Waals surface area contributed by atoms with E-state index in [-0.39, 0.29) is 36.8 Å². The molecule has 3 aliphatic rings. The van der Waals surface area contributed by atoms with Gasteiger partial charge >= 0.3 is 0 Å². The molecule has 3 unspecified atom stereocenters. The standard InChI is InChI=1S/C24H33N3O5/c1-4-5-11-25-21(30)19-24-14-15(2)23(3,32-24)17(18(24)22(31)27(19)12-13-28)20(29)26-16-9-7-6-8-10-16/h6-10,15,17-19,28H,4-5,11-14H2,1-3H3,(H,25,30)(H,26,29)/t15?,17-,18+,19?,23+,24?/m1/s1. The van der Waals surface area contributed by atoms with Gasteiger partial charge in [0, 0.05) is 18.8 Å². The SMILES string of the molecule is CCCCNC(=O)C1N(CCO)C(=O)[C@@H]2[C@H](C(=O)Nc3ccccc3)[C@@]3(C)OC12CC3C. The molecule has 2 bridgehead atoms. The van der Waals surface area contributed by atoms with Gasteiger partial charge in [-0.15, -0.1) is 0 Å². The lowest BCUT2D eigenvalue weighted by Crippen LogP contribution is -2.56. The Balaban J connectivity index is 1.70. The minimum Gasteiger partial charge on any atom is -0.395 e. The molecule has 1 aromatic rings. The molecule has 3 amide bonds. The molecule has 3 aliphatic heterocycles. The molecule has 6 atom stereocenters. The highest BCUT2D eigenvalue weighted by Crippen LogP contribution is 2.65. The Labute approximate surface area is 188 Å². The fraction of sp³-hybridized carbons (Fsp3) is 0.625. The molecule has 1 spiro atoms. The Morgan fingerprint density at radius 1 is 1.25 bits per heavy atom. The molecule has 1 aromatic carbocycles. The van der Waals surface area contributed by atoms with Gasteiger partial charge in [-0.25, -0.2) is 0 Å². The van der Waals surface area contributed by atoms with Crippen molar-refractivity contribution >= 4 is 23.4 Å². The second-order valence-corrected chi connectivity index (χ2v) is 9.46. The predicted octanol–water partition coefficient (Wildman–Crippen LogP) is 1.54. The number of carbonyl (C=O) groups excluding carboxylic acids is 3. The summed E-state index contributed by atoms with van der Waals surface area (Å²) in [7, 11) is 0. The van der Waals surface area contributed by atoms with Gasteiger partial charge in [0.15, 0.2) is 0 Å². The van der Waals surface area contributed by atoms with E-state index < -0.39 is 29.1 Å². The van der Waals surface area contributed by atoms with Crippen LogP contribution >= 0.6 is 0 Å². The number of hydrogen-bond donors (Lipinski definition) is 3. The van der Waals surface area contributed by atoms with Crippen LogP contribution in [0.25, 0.3) is 0 Å². The first-order valence-electron chi connectivity index (χ1n) is 11.5. The van der Waals surface area contributed by atoms with Crippen molar-refractivity contribution in [3.8, 4) is 0 Å². The first-order valence-corrected chi connectivity index (χ1v) is 11.5. The van der Waals surface area contributed by atoms with E-state index in [0.29, 0.717) is 18.7 Å². The molecule has 4 rings (SSSR count). The topological polar surface area (TPSA) is 108 Å². The zero-order valence-electron chi connectivity index (χ0n) is 19.0. The van der Waals surface area contributed by atoms with Crippen molar-refractivity contribution in [3.63, 3.8) is 0 Å². The van der Waals surface area contributed by atoms with Gasteiger partial charge in [-0.2, -0.15) is 0 Å². The maximum absolute atomic E-state index is 13.6. The maximum atomic E-state index is 13.6. The molecular weight excluding hydrogens is 410 g/mol. The summed E-state index contributed by atoms with van der Waals surface area (Å²) in [6.45, 7) is 6.22. The molecular formula is C24H33N3O5. The fourth-order valence-corrected chi connectivity index (χ4v) is 6.01. The molecule has 32 heavy (non-hydrogen) atoms. The number of ether oxygens (including phenoxy) is 1. The fourth-order valence-electron chi connectivity index (χ4n) is 6.01. The predicted molar refractivity (Wildman–Crippen MR) is 119 cm³/mol. The summed E-state index contributed by atoms with van der Waals surface area (Å²) in [6.07, 6.45) is 2.29. The van der Waals surface area contributed by atoms with Crippen LogP contribution in [0.1, 0.15) is 40.0 Å². The van der Waals surface area contributed by atoms with E-state index in [1.165, 1.54) is 4.90 Å². The molecule has 8 nitrogen and oxygen atoms in total. The van der Waals surface area contributed by atoms with Crippen molar-refractivity contribution in [2.24, 2.45) is 17.8 Å². The molecule has 0 radical (unpaired) electrons. The summed E-state index contributed by atoms with van der Waals surface area (Å²) >= 11 is 0. The summed E-state index contributed by atoms with van der Waals surface area (Å²) in [4.78, 5) is 41.8. The number of anilines is 1. The molecule has 0 saturated carbocycles.